The first kappa shape index (κ1) is 28.6. The van der Waals surface area contributed by atoms with Gasteiger partial charge < -0.3 is 24.4 Å². The summed E-state index contributed by atoms with van der Waals surface area (Å²) in [7, 11) is 0. The minimum Gasteiger partial charge on any atom is -0.465 e. The summed E-state index contributed by atoms with van der Waals surface area (Å²) in [6, 6.07) is 5.06. The molecule has 8 nitrogen and oxygen atoms in total. The third-order valence-corrected chi connectivity index (χ3v) is 9.15. The Morgan fingerprint density at radius 1 is 0.975 bits per heavy atom. The Hall–Kier alpha value is -2.97. The number of allylic oxidation sites excluding steroid dienone is 1. The Morgan fingerprint density at radius 3 is 2.45 bits per heavy atom. The number of hydrogen-bond acceptors (Lipinski definition) is 6. The number of carbonyl (C=O) groups is 3. The van der Waals surface area contributed by atoms with E-state index in [0.717, 1.165) is 36.1 Å². The van der Waals surface area contributed by atoms with Gasteiger partial charge in [0.25, 0.3) is 5.91 Å². The van der Waals surface area contributed by atoms with E-state index in [0.29, 0.717) is 45.4 Å². The normalized spacial score (nSPS) is 32.5. The second-order valence-electron chi connectivity index (χ2n) is 11.6. The van der Waals surface area contributed by atoms with Crippen LogP contribution in [0.4, 0.5) is 5.69 Å². The average Bonchev–Trinajstić information content (AvgIpc) is 3.31. The molecule has 4 aliphatic heterocycles. The molecule has 0 bridgehead atoms. The fourth-order valence-electron chi connectivity index (χ4n) is 7.29. The van der Waals surface area contributed by atoms with Crippen molar-refractivity contribution in [3.8, 4) is 0 Å². The van der Waals surface area contributed by atoms with Crippen molar-refractivity contribution in [3.05, 3.63) is 53.6 Å². The molecular formula is C32H42N2O6. The summed E-state index contributed by atoms with van der Waals surface area (Å²) < 4.78 is 12.7. The molecule has 0 aromatic heterocycles. The fourth-order valence-corrected chi connectivity index (χ4v) is 7.29. The van der Waals surface area contributed by atoms with Gasteiger partial charge in [0.1, 0.15) is 23.2 Å². The van der Waals surface area contributed by atoms with Gasteiger partial charge in [-0.15, -0.1) is 0 Å². The molecule has 1 aromatic rings. The zero-order chi connectivity index (χ0) is 28.5. The van der Waals surface area contributed by atoms with Gasteiger partial charge in [-0.05, 0) is 57.1 Å². The van der Waals surface area contributed by atoms with E-state index in [4.69, 9.17) is 9.47 Å². The SMILES string of the molecule is CC[C@]12/C=C\CCCOC(=O)[C@H]1[C@H]1C(=O)N(CCCCCCO)C3C(=O)N(c4c(C)cccc4C)CC=C[C@@]31O2. The molecule has 0 radical (unpaired) electrons. The average molecular weight is 551 g/mol. The number of likely N-dealkylation sites (tertiary alicyclic amines) is 1. The van der Waals surface area contributed by atoms with Gasteiger partial charge in [-0.1, -0.05) is 62.3 Å². The molecule has 5 rings (SSSR count). The van der Waals surface area contributed by atoms with Crippen molar-refractivity contribution in [2.45, 2.75) is 83.0 Å². The summed E-state index contributed by atoms with van der Waals surface area (Å²) in [5.41, 5.74) is 0.490. The number of aliphatic hydroxyl groups excluding tert-OH is 1. The first-order valence-corrected chi connectivity index (χ1v) is 14.8. The number of rotatable bonds is 8. The maximum atomic E-state index is 14.7. The summed E-state index contributed by atoms with van der Waals surface area (Å²) in [6.07, 6.45) is 12.8. The molecule has 0 aliphatic carbocycles. The summed E-state index contributed by atoms with van der Waals surface area (Å²) in [5.74, 6) is -2.54. The summed E-state index contributed by atoms with van der Waals surface area (Å²) in [4.78, 5) is 46.2. The highest BCUT2D eigenvalue weighted by molar-refractivity contribution is 6.06. The Kier molecular flexibility index (Phi) is 8.20. The number of amides is 2. The van der Waals surface area contributed by atoms with Crippen molar-refractivity contribution >= 4 is 23.5 Å². The molecule has 2 saturated heterocycles. The van der Waals surface area contributed by atoms with Gasteiger partial charge in [-0.25, -0.2) is 0 Å². The van der Waals surface area contributed by atoms with Crippen molar-refractivity contribution < 1.29 is 29.0 Å². The van der Waals surface area contributed by atoms with Crippen LogP contribution < -0.4 is 4.90 Å². The third-order valence-electron chi connectivity index (χ3n) is 9.15. The highest BCUT2D eigenvalue weighted by Gasteiger charge is 2.75. The number of para-hydroxylation sites is 1. The summed E-state index contributed by atoms with van der Waals surface area (Å²) in [5, 5.41) is 9.19. The first-order chi connectivity index (χ1) is 19.3. The number of esters is 1. The molecular weight excluding hydrogens is 508 g/mol. The highest BCUT2D eigenvalue weighted by atomic mass is 16.6. The second-order valence-corrected chi connectivity index (χ2v) is 11.6. The van der Waals surface area contributed by atoms with Crippen LogP contribution in [0.15, 0.2) is 42.5 Å². The molecule has 8 heteroatoms. The third kappa shape index (κ3) is 4.59. The molecule has 1 aromatic carbocycles. The van der Waals surface area contributed by atoms with Crippen LogP contribution in [0.5, 0.6) is 0 Å². The van der Waals surface area contributed by atoms with Crippen LogP contribution in [-0.2, 0) is 23.9 Å². The lowest BCUT2D eigenvalue weighted by Crippen LogP contribution is -2.56. The van der Waals surface area contributed by atoms with E-state index in [2.05, 4.69) is 0 Å². The lowest BCUT2D eigenvalue weighted by Gasteiger charge is -2.38. The predicted molar refractivity (Wildman–Crippen MR) is 152 cm³/mol. The Morgan fingerprint density at radius 2 is 1.73 bits per heavy atom. The number of unbranched alkanes of at least 4 members (excludes halogenated alkanes) is 3. The van der Waals surface area contributed by atoms with Crippen LogP contribution in [0.3, 0.4) is 0 Å². The van der Waals surface area contributed by atoms with Gasteiger partial charge in [0.05, 0.1) is 12.5 Å². The van der Waals surface area contributed by atoms with E-state index in [1.807, 2.05) is 63.3 Å². The standard InChI is InChI=1S/C32H42N2O6/c1-4-31-16-8-7-11-21-39-30(38)25(31)24-28(36)34(18-9-5-6-10-20-35)27-29(37)33(19-13-17-32(24,27)40-31)26-22(2)14-12-15-23(26)3/h8,12-17,24-25,27,35H,4-7,9-11,18-21H2,1-3H3/b16-8-/t24-,25+,27?,31-,32-/m0/s1. The van der Waals surface area contributed by atoms with Crippen molar-refractivity contribution in [1.82, 2.24) is 4.90 Å². The van der Waals surface area contributed by atoms with Gasteiger partial charge in [-0.2, -0.15) is 0 Å². The van der Waals surface area contributed by atoms with Gasteiger partial charge in [0.2, 0.25) is 5.91 Å². The fraction of sp³-hybridized carbons (Fsp3) is 0.594. The maximum absolute atomic E-state index is 14.7. The number of hydrogen-bond donors (Lipinski definition) is 1. The van der Waals surface area contributed by atoms with Crippen LogP contribution in [-0.4, -0.2) is 71.3 Å². The molecule has 216 valence electrons. The minimum absolute atomic E-state index is 0.134. The molecule has 0 saturated carbocycles. The van der Waals surface area contributed by atoms with Gasteiger partial charge >= 0.3 is 5.97 Å². The van der Waals surface area contributed by atoms with Crippen molar-refractivity contribution in [2.24, 2.45) is 11.8 Å². The summed E-state index contributed by atoms with van der Waals surface area (Å²) >= 11 is 0. The molecule has 1 unspecified atom stereocenters. The van der Waals surface area contributed by atoms with E-state index in [-0.39, 0.29) is 18.4 Å². The van der Waals surface area contributed by atoms with Crippen molar-refractivity contribution in [2.75, 3.05) is 31.2 Å². The number of benzene rings is 1. The van der Waals surface area contributed by atoms with Crippen LogP contribution in [0.25, 0.3) is 0 Å². The molecule has 40 heavy (non-hydrogen) atoms. The number of aryl methyl sites for hydroxylation is 2. The minimum atomic E-state index is -1.28. The predicted octanol–water partition coefficient (Wildman–Crippen LogP) is 4.01. The number of ether oxygens (including phenoxy) is 2. The largest absolute Gasteiger partial charge is 0.465 e. The van der Waals surface area contributed by atoms with Crippen LogP contribution in [0.1, 0.15) is 63.0 Å². The molecule has 4 heterocycles. The molecule has 2 fully saturated rings. The van der Waals surface area contributed by atoms with E-state index >= 15 is 0 Å². The lowest BCUT2D eigenvalue weighted by atomic mass is 9.73. The molecule has 2 amide bonds. The summed E-state index contributed by atoms with van der Waals surface area (Å²) in [6.45, 7) is 7.10. The van der Waals surface area contributed by atoms with Crippen molar-refractivity contribution in [3.63, 3.8) is 0 Å². The number of fused-ring (bicyclic) bond motifs is 2. The van der Waals surface area contributed by atoms with Gasteiger partial charge in [0, 0.05) is 25.4 Å². The van der Waals surface area contributed by atoms with E-state index < -0.39 is 35.0 Å². The molecule has 5 atom stereocenters. The van der Waals surface area contributed by atoms with E-state index in [1.165, 1.54) is 0 Å². The first-order valence-electron chi connectivity index (χ1n) is 14.8. The van der Waals surface area contributed by atoms with E-state index in [1.54, 1.807) is 9.80 Å². The van der Waals surface area contributed by atoms with Crippen molar-refractivity contribution in [1.29, 1.82) is 0 Å². The van der Waals surface area contributed by atoms with Crippen LogP contribution >= 0.6 is 0 Å². The zero-order valence-electron chi connectivity index (χ0n) is 23.9. The van der Waals surface area contributed by atoms with E-state index in [9.17, 15) is 19.5 Å². The number of aliphatic hydroxyl groups is 1. The number of cyclic esters (lactones) is 1. The molecule has 4 aliphatic rings. The quantitative estimate of drug-likeness (QED) is 0.299. The van der Waals surface area contributed by atoms with Crippen LogP contribution in [0, 0.1) is 25.7 Å². The number of carbonyl (C=O) groups excluding carboxylic acids is 3. The number of nitrogens with zero attached hydrogens (tertiary/aromatic N) is 2. The number of anilines is 1. The Bertz CT molecular complexity index is 1190. The monoisotopic (exact) mass is 550 g/mol. The Labute approximate surface area is 237 Å². The molecule has 1 spiro atoms. The smallest absolute Gasteiger partial charge is 0.313 e. The lowest BCUT2D eigenvalue weighted by molar-refractivity contribution is -0.159. The molecule has 1 N–H and O–H groups in total. The van der Waals surface area contributed by atoms with Gasteiger partial charge in [-0.3, -0.25) is 14.4 Å². The zero-order valence-corrected chi connectivity index (χ0v) is 23.9. The second kappa shape index (κ2) is 11.5. The van der Waals surface area contributed by atoms with Gasteiger partial charge in [0.15, 0.2) is 0 Å². The maximum Gasteiger partial charge on any atom is 0.313 e. The van der Waals surface area contributed by atoms with Crippen LogP contribution in [0.2, 0.25) is 0 Å². The Balaban J connectivity index is 1.62. The topological polar surface area (TPSA) is 96.4 Å². The highest BCUT2D eigenvalue weighted by Crippen LogP contribution is 2.58.